The van der Waals surface area contributed by atoms with Crippen LogP contribution in [-0.4, -0.2) is 37.3 Å². The van der Waals surface area contributed by atoms with Gasteiger partial charge >= 0.3 is 0 Å². The molecule has 0 unspecified atom stereocenters. The molecule has 4 rings (SSSR count). The van der Waals surface area contributed by atoms with E-state index in [2.05, 4.69) is 51.6 Å². The summed E-state index contributed by atoms with van der Waals surface area (Å²) in [6.45, 7) is 6.18. The van der Waals surface area contributed by atoms with Crippen LogP contribution in [0.1, 0.15) is 12.5 Å². The number of rotatable bonds is 5. The lowest BCUT2D eigenvalue weighted by atomic mass is 10.1. The van der Waals surface area contributed by atoms with Crippen molar-refractivity contribution in [2.45, 2.75) is 18.2 Å². The van der Waals surface area contributed by atoms with E-state index in [9.17, 15) is 0 Å². The first-order valence-corrected chi connectivity index (χ1v) is 10.5. The lowest BCUT2D eigenvalue weighted by Crippen LogP contribution is -2.43. The van der Waals surface area contributed by atoms with Gasteiger partial charge in [0.05, 0.1) is 18.3 Å². The average molecular weight is 402 g/mol. The fourth-order valence-corrected chi connectivity index (χ4v) is 4.71. The third-order valence-electron chi connectivity index (χ3n) is 5.01. The number of fused-ring (bicyclic) bond motifs is 1. The molecule has 3 aromatic rings. The third kappa shape index (κ3) is 3.77. The van der Waals surface area contributed by atoms with Crippen LogP contribution in [0.2, 0.25) is 5.02 Å². The number of ether oxygens (including phenoxy) is 1. The van der Waals surface area contributed by atoms with Crippen molar-refractivity contribution < 1.29 is 4.74 Å². The molecule has 0 saturated carbocycles. The first-order chi connectivity index (χ1) is 13.2. The minimum atomic E-state index is 0.765. The first-order valence-electron chi connectivity index (χ1n) is 9.31. The molecule has 142 valence electrons. The van der Waals surface area contributed by atoms with Crippen molar-refractivity contribution in [3.63, 3.8) is 0 Å². The predicted molar refractivity (Wildman–Crippen MR) is 116 cm³/mol. The Labute approximate surface area is 169 Å². The summed E-state index contributed by atoms with van der Waals surface area (Å²) in [6, 6.07) is 12.6. The molecule has 1 aliphatic heterocycles. The van der Waals surface area contributed by atoms with Crippen LogP contribution in [0.3, 0.4) is 0 Å². The van der Waals surface area contributed by atoms with Crippen molar-refractivity contribution in [1.82, 2.24) is 9.29 Å². The molecular weight excluding hydrogens is 378 g/mol. The number of anilines is 1. The summed E-state index contributed by atoms with van der Waals surface area (Å²) in [6.07, 6.45) is 3.22. The quantitative estimate of drug-likeness (QED) is 0.663. The van der Waals surface area contributed by atoms with Crippen LogP contribution < -0.4 is 15.0 Å². The van der Waals surface area contributed by atoms with Gasteiger partial charge in [0.15, 0.2) is 0 Å². The van der Waals surface area contributed by atoms with E-state index >= 15 is 0 Å². The van der Waals surface area contributed by atoms with E-state index in [1.54, 1.807) is 19.1 Å². The van der Waals surface area contributed by atoms with Crippen LogP contribution in [-0.2, 0) is 6.42 Å². The Hall–Kier alpha value is -1.82. The zero-order chi connectivity index (χ0) is 18.8. The maximum Gasteiger partial charge on any atom is 0.142 e. The van der Waals surface area contributed by atoms with E-state index in [1.807, 2.05) is 12.1 Å². The minimum Gasteiger partial charge on any atom is -0.495 e. The Morgan fingerprint density at radius 2 is 1.96 bits per heavy atom. The van der Waals surface area contributed by atoms with E-state index in [4.69, 9.17) is 16.3 Å². The highest BCUT2D eigenvalue weighted by atomic mass is 35.5. The molecule has 27 heavy (non-hydrogen) atoms. The predicted octanol–water partition coefficient (Wildman–Crippen LogP) is 4.83. The van der Waals surface area contributed by atoms with Gasteiger partial charge in [0.1, 0.15) is 5.75 Å². The van der Waals surface area contributed by atoms with Crippen LogP contribution in [0, 0.1) is 0 Å². The largest absolute Gasteiger partial charge is 0.495 e. The van der Waals surface area contributed by atoms with Crippen LogP contribution in [0.5, 0.6) is 5.75 Å². The minimum absolute atomic E-state index is 0.765. The van der Waals surface area contributed by atoms with E-state index in [0.717, 1.165) is 54.6 Å². The van der Waals surface area contributed by atoms with Crippen LogP contribution in [0.4, 0.5) is 5.69 Å². The van der Waals surface area contributed by atoms with E-state index < -0.39 is 0 Å². The molecule has 0 radical (unpaired) electrons. The number of benzene rings is 2. The maximum absolute atomic E-state index is 6.26. The Balaban J connectivity index is 1.70. The monoisotopic (exact) mass is 401 g/mol. The van der Waals surface area contributed by atoms with Crippen molar-refractivity contribution in [3.8, 4) is 5.75 Å². The summed E-state index contributed by atoms with van der Waals surface area (Å²) in [5.41, 5.74) is 3.66. The second-order valence-electron chi connectivity index (χ2n) is 6.66. The number of halogens is 1. The summed E-state index contributed by atoms with van der Waals surface area (Å²) in [5.74, 6) is 0.927. The summed E-state index contributed by atoms with van der Waals surface area (Å²) < 4.78 is 7.84. The van der Waals surface area contributed by atoms with Gasteiger partial charge in [-0.1, -0.05) is 24.6 Å². The van der Waals surface area contributed by atoms with Gasteiger partial charge in [-0.15, -0.1) is 0 Å². The standard InChI is InChI=1S/C21H24ClN3OS/c1-3-15-14-25(19-12-16(22)4-6-18(15)19)27-17-5-7-21(26-2)20(13-17)24-10-8-23-9-11-24/h4-7,12-14,23H,3,8-11H2,1-2H3. The topological polar surface area (TPSA) is 29.4 Å². The Bertz CT molecular complexity index is 950. The molecule has 0 spiro atoms. The molecule has 1 saturated heterocycles. The van der Waals surface area contributed by atoms with Gasteiger partial charge in [-0.3, -0.25) is 3.97 Å². The third-order valence-corrected chi connectivity index (χ3v) is 6.21. The lowest BCUT2D eigenvalue weighted by Gasteiger charge is -2.30. The highest BCUT2D eigenvalue weighted by molar-refractivity contribution is 7.98. The van der Waals surface area contributed by atoms with E-state index in [-0.39, 0.29) is 0 Å². The molecule has 0 aliphatic carbocycles. The lowest BCUT2D eigenvalue weighted by molar-refractivity contribution is 0.412. The molecule has 1 N–H and O–H groups in total. The number of piperazine rings is 1. The number of aromatic nitrogens is 1. The first kappa shape index (κ1) is 18.5. The van der Waals surface area contributed by atoms with E-state index in [0.29, 0.717) is 0 Å². The summed E-state index contributed by atoms with van der Waals surface area (Å²) >= 11 is 7.98. The summed E-state index contributed by atoms with van der Waals surface area (Å²) in [5, 5.41) is 5.44. The second-order valence-corrected chi connectivity index (χ2v) is 8.14. The number of nitrogens with zero attached hydrogens (tertiary/aromatic N) is 2. The van der Waals surface area contributed by atoms with Crippen molar-refractivity contribution in [3.05, 3.63) is 53.2 Å². The molecule has 4 nitrogen and oxygen atoms in total. The Morgan fingerprint density at radius 3 is 2.70 bits per heavy atom. The number of aryl methyl sites for hydroxylation is 1. The average Bonchev–Trinajstić information content (AvgIpc) is 3.05. The highest BCUT2D eigenvalue weighted by Crippen LogP contribution is 2.36. The zero-order valence-corrected chi connectivity index (χ0v) is 17.2. The van der Waals surface area contributed by atoms with Gasteiger partial charge in [-0.05, 0) is 54.3 Å². The molecule has 1 aromatic heterocycles. The number of hydrogen-bond acceptors (Lipinski definition) is 4. The molecule has 2 heterocycles. The van der Waals surface area contributed by atoms with Crippen molar-refractivity contribution in [1.29, 1.82) is 0 Å². The van der Waals surface area contributed by atoms with Gasteiger partial charge in [0.2, 0.25) is 0 Å². The Morgan fingerprint density at radius 1 is 1.15 bits per heavy atom. The van der Waals surface area contributed by atoms with Crippen LogP contribution in [0.15, 0.2) is 47.5 Å². The Kier molecular flexibility index (Phi) is 5.53. The maximum atomic E-state index is 6.26. The van der Waals surface area contributed by atoms with Crippen molar-refractivity contribution >= 4 is 40.1 Å². The molecule has 0 amide bonds. The SMILES string of the molecule is CCc1cn(Sc2ccc(OC)c(N3CCNCC3)c2)c2cc(Cl)ccc12. The van der Waals surface area contributed by atoms with Gasteiger partial charge in [-0.2, -0.15) is 0 Å². The van der Waals surface area contributed by atoms with Crippen molar-refractivity contribution in [2.24, 2.45) is 0 Å². The smallest absolute Gasteiger partial charge is 0.142 e. The molecule has 1 fully saturated rings. The fraction of sp³-hybridized carbons (Fsp3) is 0.333. The zero-order valence-electron chi connectivity index (χ0n) is 15.7. The van der Waals surface area contributed by atoms with Gasteiger partial charge < -0.3 is 15.0 Å². The van der Waals surface area contributed by atoms with E-state index in [1.165, 1.54) is 15.8 Å². The number of nitrogens with one attached hydrogen (secondary N) is 1. The summed E-state index contributed by atoms with van der Waals surface area (Å²) in [4.78, 5) is 3.57. The van der Waals surface area contributed by atoms with Crippen LogP contribution in [0.25, 0.3) is 10.9 Å². The molecule has 6 heteroatoms. The summed E-state index contributed by atoms with van der Waals surface area (Å²) in [7, 11) is 1.74. The second kappa shape index (κ2) is 8.05. The molecule has 0 bridgehead atoms. The van der Waals surface area contributed by atoms with Gasteiger partial charge in [-0.25, -0.2) is 0 Å². The molecule has 1 aliphatic rings. The van der Waals surface area contributed by atoms with Gasteiger partial charge in [0.25, 0.3) is 0 Å². The number of hydrogen-bond donors (Lipinski definition) is 1. The molecule has 2 aromatic carbocycles. The number of methoxy groups -OCH3 is 1. The highest BCUT2D eigenvalue weighted by Gasteiger charge is 2.16. The van der Waals surface area contributed by atoms with Crippen molar-refractivity contribution in [2.75, 3.05) is 38.2 Å². The van der Waals surface area contributed by atoms with Crippen LogP contribution >= 0.6 is 23.5 Å². The fourth-order valence-electron chi connectivity index (χ4n) is 3.59. The normalized spacial score (nSPS) is 14.7. The molecular formula is C21H24ClN3OS. The van der Waals surface area contributed by atoms with Gasteiger partial charge in [0, 0.05) is 47.7 Å². The molecule has 0 atom stereocenters.